The molecule has 1 fully saturated rings. The first-order valence-corrected chi connectivity index (χ1v) is 10.1. The van der Waals surface area contributed by atoms with Gasteiger partial charge < -0.3 is 14.6 Å². The summed E-state index contributed by atoms with van der Waals surface area (Å²) in [5.41, 5.74) is 0.169. The van der Waals surface area contributed by atoms with Gasteiger partial charge in [0, 0.05) is 23.7 Å². The molecular weight excluding hydrogens is 413 g/mol. The van der Waals surface area contributed by atoms with Crippen LogP contribution in [0.25, 0.3) is 0 Å². The van der Waals surface area contributed by atoms with Crippen molar-refractivity contribution in [1.82, 2.24) is 4.31 Å². The highest BCUT2D eigenvalue weighted by molar-refractivity contribution is 7.89. The molecule has 1 saturated heterocycles. The summed E-state index contributed by atoms with van der Waals surface area (Å²) in [6.45, 7) is 1.14. The minimum atomic E-state index is -3.70. The summed E-state index contributed by atoms with van der Waals surface area (Å²) in [5, 5.41) is 9.60. The molecule has 0 saturated carbocycles. The Labute approximate surface area is 166 Å². The summed E-state index contributed by atoms with van der Waals surface area (Å²) in [5.74, 6) is -2.43. The molecule has 0 aromatic heterocycles. The minimum Gasteiger partial charge on any atom is -0.478 e. The van der Waals surface area contributed by atoms with Gasteiger partial charge in [-0.1, -0.05) is 23.7 Å². The molecule has 1 heterocycles. The van der Waals surface area contributed by atoms with E-state index in [1.807, 2.05) is 0 Å². The van der Waals surface area contributed by atoms with E-state index < -0.39 is 27.9 Å². The topological polar surface area (TPSA) is 93.1 Å². The standard InChI is InChI=1S/C18H17ClFNO6S/c19-13-3-6-16(15(20)11-13)27-17(18(22)23)12-1-4-14(5-2-12)28(24,25)21-7-9-26-10-8-21/h1-6,11,17H,7-10H2,(H,22,23). The van der Waals surface area contributed by atoms with Crippen LogP contribution in [0.5, 0.6) is 5.75 Å². The Kier molecular flexibility index (Phi) is 6.19. The van der Waals surface area contributed by atoms with Gasteiger partial charge in [0.15, 0.2) is 11.6 Å². The molecule has 1 aliphatic rings. The Balaban J connectivity index is 1.84. The number of carboxylic acid groups (broad SMARTS) is 1. The van der Waals surface area contributed by atoms with Crippen molar-refractivity contribution in [3.8, 4) is 5.75 Å². The number of carboxylic acids is 1. The van der Waals surface area contributed by atoms with Gasteiger partial charge >= 0.3 is 5.97 Å². The number of aliphatic carboxylic acids is 1. The number of ether oxygens (including phenoxy) is 2. The van der Waals surface area contributed by atoms with Gasteiger partial charge in [-0.15, -0.1) is 0 Å². The van der Waals surface area contributed by atoms with E-state index in [9.17, 15) is 22.7 Å². The smallest absolute Gasteiger partial charge is 0.349 e. The number of rotatable bonds is 6. The van der Waals surface area contributed by atoms with Crippen molar-refractivity contribution in [2.24, 2.45) is 0 Å². The molecule has 0 bridgehead atoms. The summed E-state index contributed by atoms with van der Waals surface area (Å²) < 4.78 is 50.9. The molecule has 2 aromatic rings. The van der Waals surface area contributed by atoms with E-state index in [2.05, 4.69) is 0 Å². The Hall–Kier alpha value is -2.20. The van der Waals surface area contributed by atoms with Crippen LogP contribution in [0.3, 0.4) is 0 Å². The summed E-state index contributed by atoms with van der Waals surface area (Å²) in [7, 11) is -3.70. The quantitative estimate of drug-likeness (QED) is 0.758. The van der Waals surface area contributed by atoms with Crippen molar-refractivity contribution in [1.29, 1.82) is 0 Å². The maximum Gasteiger partial charge on any atom is 0.349 e. The van der Waals surface area contributed by atoms with Gasteiger partial charge in [-0.05, 0) is 30.3 Å². The second-order valence-electron chi connectivity index (χ2n) is 6.00. The third kappa shape index (κ3) is 4.44. The van der Waals surface area contributed by atoms with Gasteiger partial charge in [0.05, 0.1) is 18.1 Å². The molecule has 1 atom stereocenters. The molecule has 1 aliphatic heterocycles. The zero-order chi connectivity index (χ0) is 20.3. The number of sulfonamides is 1. The van der Waals surface area contributed by atoms with E-state index in [0.29, 0.717) is 13.2 Å². The second-order valence-corrected chi connectivity index (χ2v) is 8.37. The van der Waals surface area contributed by atoms with E-state index >= 15 is 0 Å². The zero-order valence-electron chi connectivity index (χ0n) is 14.5. The van der Waals surface area contributed by atoms with E-state index in [0.717, 1.165) is 6.07 Å². The van der Waals surface area contributed by atoms with Gasteiger partial charge in [-0.25, -0.2) is 17.6 Å². The molecule has 0 spiro atoms. The number of hydrogen-bond donors (Lipinski definition) is 1. The number of carbonyl (C=O) groups is 1. The maximum absolute atomic E-state index is 13.9. The van der Waals surface area contributed by atoms with E-state index in [4.69, 9.17) is 21.1 Å². The Bertz CT molecular complexity index is 961. The normalized spacial score (nSPS) is 16.5. The van der Waals surface area contributed by atoms with Gasteiger partial charge in [-0.2, -0.15) is 4.31 Å². The van der Waals surface area contributed by atoms with Crippen molar-refractivity contribution in [2.45, 2.75) is 11.0 Å². The second kappa shape index (κ2) is 8.44. The van der Waals surface area contributed by atoms with Crippen LogP contribution >= 0.6 is 11.6 Å². The molecule has 3 rings (SSSR count). The lowest BCUT2D eigenvalue weighted by atomic mass is 10.1. The Morgan fingerprint density at radius 3 is 2.39 bits per heavy atom. The van der Waals surface area contributed by atoms with Crippen LogP contribution in [0.2, 0.25) is 5.02 Å². The van der Waals surface area contributed by atoms with Crippen LogP contribution in [0.15, 0.2) is 47.4 Å². The van der Waals surface area contributed by atoms with Crippen molar-refractivity contribution in [2.75, 3.05) is 26.3 Å². The molecule has 28 heavy (non-hydrogen) atoms. The first kappa shape index (κ1) is 20.5. The summed E-state index contributed by atoms with van der Waals surface area (Å²) >= 11 is 5.68. The van der Waals surface area contributed by atoms with E-state index in [1.54, 1.807) is 0 Å². The molecule has 0 radical (unpaired) electrons. The number of halogens is 2. The molecule has 10 heteroatoms. The highest BCUT2D eigenvalue weighted by atomic mass is 35.5. The van der Waals surface area contributed by atoms with Crippen LogP contribution < -0.4 is 4.74 Å². The molecule has 0 aliphatic carbocycles. The number of hydrogen-bond acceptors (Lipinski definition) is 5. The fraction of sp³-hybridized carbons (Fsp3) is 0.278. The van der Waals surface area contributed by atoms with Crippen LogP contribution in [-0.4, -0.2) is 50.1 Å². The van der Waals surface area contributed by atoms with Gasteiger partial charge in [0.1, 0.15) is 0 Å². The number of morpholine rings is 1. The molecule has 0 amide bonds. The van der Waals surface area contributed by atoms with Gasteiger partial charge in [-0.3, -0.25) is 0 Å². The monoisotopic (exact) mass is 429 g/mol. The molecule has 7 nitrogen and oxygen atoms in total. The lowest BCUT2D eigenvalue weighted by Crippen LogP contribution is -2.40. The van der Waals surface area contributed by atoms with Crippen LogP contribution in [0.1, 0.15) is 11.7 Å². The lowest BCUT2D eigenvalue weighted by molar-refractivity contribution is -0.145. The van der Waals surface area contributed by atoms with Gasteiger partial charge in [0.25, 0.3) is 0 Å². The predicted octanol–water partition coefficient (Wildman–Crippen LogP) is 2.70. The molecule has 2 aromatic carbocycles. The zero-order valence-corrected chi connectivity index (χ0v) is 16.1. The fourth-order valence-electron chi connectivity index (χ4n) is 2.71. The van der Waals surface area contributed by atoms with Crippen LogP contribution in [-0.2, 0) is 19.6 Å². The third-order valence-corrected chi connectivity index (χ3v) is 6.30. The number of benzene rings is 2. The average Bonchev–Trinajstić information content (AvgIpc) is 2.68. The largest absolute Gasteiger partial charge is 0.478 e. The van der Waals surface area contributed by atoms with Crippen molar-refractivity contribution in [3.05, 3.63) is 58.9 Å². The van der Waals surface area contributed by atoms with Gasteiger partial charge in [0.2, 0.25) is 16.1 Å². The average molecular weight is 430 g/mol. The predicted molar refractivity (Wildman–Crippen MR) is 98.4 cm³/mol. The lowest BCUT2D eigenvalue weighted by Gasteiger charge is -2.26. The maximum atomic E-state index is 13.9. The first-order chi connectivity index (χ1) is 13.3. The minimum absolute atomic E-state index is 0.0277. The van der Waals surface area contributed by atoms with E-state index in [-0.39, 0.29) is 34.3 Å². The van der Waals surface area contributed by atoms with Crippen molar-refractivity contribution < 1.29 is 32.2 Å². The van der Waals surface area contributed by atoms with Crippen LogP contribution in [0.4, 0.5) is 4.39 Å². The first-order valence-electron chi connectivity index (χ1n) is 8.31. The molecule has 1 N–H and O–H groups in total. The van der Waals surface area contributed by atoms with Crippen LogP contribution in [0, 0.1) is 5.82 Å². The molecule has 1 unspecified atom stereocenters. The van der Waals surface area contributed by atoms with Crippen molar-refractivity contribution >= 4 is 27.6 Å². The van der Waals surface area contributed by atoms with E-state index in [1.165, 1.54) is 40.7 Å². The Morgan fingerprint density at radius 2 is 1.82 bits per heavy atom. The summed E-state index contributed by atoms with van der Waals surface area (Å²) in [6, 6.07) is 8.88. The molecule has 150 valence electrons. The summed E-state index contributed by atoms with van der Waals surface area (Å²) in [4.78, 5) is 11.6. The highest BCUT2D eigenvalue weighted by Crippen LogP contribution is 2.28. The molecular formula is C18H17ClFNO6S. The fourth-order valence-corrected chi connectivity index (χ4v) is 4.28. The summed E-state index contributed by atoms with van der Waals surface area (Å²) in [6.07, 6.45) is -1.52. The SMILES string of the molecule is O=C(O)C(Oc1ccc(Cl)cc1F)c1ccc(S(=O)(=O)N2CCOCC2)cc1. The Morgan fingerprint density at radius 1 is 1.18 bits per heavy atom. The van der Waals surface area contributed by atoms with Crippen molar-refractivity contribution in [3.63, 3.8) is 0 Å². The number of nitrogens with zero attached hydrogens (tertiary/aromatic N) is 1. The highest BCUT2D eigenvalue weighted by Gasteiger charge is 2.28. The third-order valence-electron chi connectivity index (χ3n) is 4.15.